The standard InChI is InChI=1S/C13H8BrF3N2OS/c14-9-1-2-11(12(4-9)20-13(15,16)17)19-6-10-3-8(5-18)7-21-10/h1-4,7,19H,6H2. The third-order valence-corrected chi connectivity index (χ3v) is 3.84. The van der Waals surface area contributed by atoms with Gasteiger partial charge < -0.3 is 10.1 Å². The van der Waals surface area contributed by atoms with E-state index in [-0.39, 0.29) is 11.4 Å². The molecule has 1 aromatic carbocycles. The molecule has 3 nitrogen and oxygen atoms in total. The van der Waals surface area contributed by atoms with Crippen LogP contribution >= 0.6 is 27.3 Å². The highest BCUT2D eigenvalue weighted by molar-refractivity contribution is 9.10. The van der Waals surface area contributed by atoms with Gasteiger partial charge in [0.05, 0.1) is 11.3 Å². The molecular formula is C13H8BrF3N2OS. The Morgan fingerprint density at radius 2 is 2.10 bits per heavy atom. The van der Waals surface area contributed by atoms with E-state index in [1.54, 1.807) is 17.5 Å². The van der Waals surface area contributed by atoms with Crippen molar-refractivity contribution in [2.45, 2.75) is 12.9 Å². The minimum absolute atomic E-state index is 0.224. The number of hydrogen-bond donors (Lipinski definition) is 1. The highest BCUT2D eigenvalue weighted by atomic mass is 79.9. The summed E-state index contributed by atoms with van der Waals surface area (Å²) in [5.41, 5.74) is 0.752. The first kappa shape index (κ1) is 15.7. The van der Waals surface area contributed by atoms with Gasteiger partial charge in [-0.25, -0.2) is 0 Å². The van der Waals surface area contributed by atoms with Crippen LogP contribution in [0.1, 0.15) is 10.4 Å². The smallest absolute Gasteiger partial charge is 0.404 e. The zero-order valence-electron chi connectivity index (χ0n) is 10.4. The van der Waals surface area contributed by atoms with Gasteiger partial charge in [-0.15, -0.1) is 24.5 Å². The van der Waals surface area contributed by atoms with Gasteiger partial charge in [0.15, 0.2) is 5.75 Å². The molecule has 2 rings (SSSR count). The lowest BCUT2D eigenvalue weighted by Crippen LogP contribution is -2.18. The minimum atomic E-state index is -4.76. The van der Waals surface area contributed by atoms with Crippen molar-refractivity contribution in [3.05, 3.63) is 44.6 Å². The van der Waals surface area contributed by atoms with E-state index in [0.717, 1.165) is 4.88 Å². The zero-order valence-corrected chi connectivity index (χ0v) is 12.8. The SMILES string of the molecule is N#Cc1csc(CNc2ccc(Br)cc2OC(F)(F)F)c1. The van der Waals surface area contributed by atoms with Crippen LogP contribution in [0.25, 0.3) is 0 Å². The second-order valence-corrected chi connectivity index (χ2v) is 5.87. The summed E-state index contributed by atoms with van der Waals surface area (Å²) in [6.07, 6.45) is -4.76. The number of rotatable bonds is 4. The molecule has 1 heterocycles. The number of nitriles is 1. The van der Waals surface area contributed by atoms with Crippen molar-refractivity contribution in [3.63, 3.8) is 0 Å². The molecule has 0 saturated carbocycles. The van der Waals surface area contributed by atoms with Gasteiger partial charge in [0.25, 0.3) is 0 Å². The molecule has 0 aliphatic heterocycles. The van der Waals surface area contributed by atoms with Gasteiger partial charge in [-0.3, -0.25) is 0 Å². The number of halogens is 4. The Balaban J connectivity index is 2.14. The Labute approximate surface area is 131 Å². The predicted octanol–water partition coefficient (Wildman–Crippen LogP) is 4.89. The maximum absolute atomic E-state index is 12.4. The number of benzene rings is 1. The fourth-order valence-corrected chi connectivity index (χ4v) is 2.66. The number of thiophene rings is 1. The quantitative estimate of drug-likeness (QED) is 0.825. The minimum Gasteiger partial charge on any atom is -0.404 e. The number of ether oxygens (including phenoxy) is 1. The van der Waals surface area contributed by atoms with Crippen molar-refractivity contribution in [3.8, 4) is 11.8 Å². The van der Waals surface area contributed by atoms with Crippen LogP contribution in [0.5, 0.6) is 5.75 Å². The van der Waals surface area contributed by atoms with Gasteiger partial charge in [0.2, 0.25) is 0 Å². The van der Waals surface area contributed by atoms with Crippen LogP contribution in [0, 0.1) is 11.3 Å². The molecule has 1 N–H and O–H groups in total. The average Bonchev–Trinajstić information content (AvgIpc) is 2.84. The van der Waals surface area contributed by atoms with Crippen LogP contribution in [0.3, 0.4) is 0 Å². The van der Waals surface area contributed by atoms with Crippen molar-refractivity contribution in [2.24, 2.45) is 0 Å². The molecule has 0 unspecified atom stereocenters. The van der Waals surface area contributed by atoms with Gasteiger partial charge in [0.1, 0.15) is 6.07 Å². The van der Waals surface area contributed by atoms with E-state index >= 15 is 0 Å². The molecule has 1 aromatic heterocycles. The van der Waals surface area contributed by atoms with Crippen molar-refractivity contribution in [1.29, 1.82) is 5.26 Å². The Hall–Kier alpha value is -1.72. The maximum atomic E-state index is 12.4. The monoisotopic (exact) mass is 376 g/mol. The fourth-order valence-electron chi connectivity index (χ4n) is 1.57. The number of alkyl halides is 3. The number of hydrogen-bond acceptors (Lipinski definition) is 4. The summed E-state index contributed by atoms with van der Waals surface area (Å²) in [5, 5.41) is 13.3. The van der Waals surface area contributed by atoms with E-state index in [4.69, 9.17) is 5.26 Å². The summed E-state index contributed by atoms with van der Waals surface area (Å²) >= 11 is 4.46. The fraction of sp³-hybridized carbons (Fsp3) is 0.154. The third kappa shape index (κ3) is 4.65. The first-order valence-electron chi connectivity index (χ1n) is 5.64. The lowest BCUT2D eigenvalue weighted by Gasteiger charge is -2.14. The van der Waals surface area contributed by atoms with Gasteiger partial charge in [-0.2, -0.15) is 5.26 Å². The molecule has 0 fully saturated rings. The molecule has 0 spiro atoms. The molecular weight excluding hydrogens is 369 g/mol. The molecule has 8 heteroatoms. The molecule has 21 heavy (non-hydrogen) atoms. The molecule has 0 aliphatic rings. The van der Waals surface area contributed by atoms with Crippen LogP contribution < -0.4 is 10.1 Å². The topological polar surface area (TPSA) is 45.0 Å². The summed E-state index contributed by atoms with van der Waals surface area (Å²) in [5.74, 6) is -0.311. The highest BCUT2D eigenvalue weighted by Crippen LogP contribution is 2.33. The van der Waals surface area contributed by atoms with Crippen molar-refractivity contribution in [1.82, 2.24) is 0 Å². The normalized spacial score (nSPS) is 11.0. The second kappa shape index (κ2) is 6.37. The Morgan fingerprint density at radius 3 is 2.71 bits per heavy atom. The van der Waals surface area contributed by atoms with E-state index < -0.39 is 6.36 Å². The van der Waals surface area contributed by atoms with Gasteiger partial charge in [-0.1, -0.05) is 15.9 Å². The first-order chi connectivity index (χ1) is 9.87. The highest BCUT2D eigenvalue weighted by Gasteiger charge is 2.32. The predicted molar refractivity (Wildman–Crippen MR) is 77.2 cm³/mol. The molecule has 110 valence electrons. The van der Waals surface area contributed by atoms with Crippen molar-refractivity contribution < 1.29 is 17.9 Å². The van der Waals surface area contributed by atoms with E-state index in [0.29, 0.717) is 16.6 Å². The van der Waals surface area contributed by atoms with Crippen LogP contribution in [-0.2, 0) is 6.54 Å². The second-order valence-electron chi connectivity index (χ2n) is 3.96. The molecule has 0 bridgehead atoms. The largest absolute Gasteiger partial charge is 0.573 e. The van der Waals surface area contributed by atoms with E-state index in [1.165, 1.54) is 23.5 Å². The third-order valence-electron chi connectivity index (χ3n) is 2.41. The summed E-state index contributed by atoms with van der Waals surface area (Å²) < 4.78 is 41.6. The Bertz CT molecular complexity index is 679. The Morgan fingerprint density at radius 1 is 1.33 bits per heavy atom. The summed E-state index contributed by atoms with van der Waals surface area (Å²) in [6.45, 7) is 0.308. The maximum Gasteiger partial charge on any atom is 0.573 e. The van der Waals surface area contributed by atoms with Crippen molar-refractivity contribution >= 4 is 33.0 Å². The van der Waals surface area contributed by atoms with E-state index in [2.05, 4.69) is 26.0 Å². The van der Waals surface area contributed by atoms with Gasteiger partial charge in [0, 0.05) is 21.3 Å². The molecule has 0 radical (unpaired) electrons. The van der Waals surface area contributed by atoms with Crippen LogP contribution in [0.4, 0.5) is 18.9 Å². The van der Waals surface area contributed by atoms with Crippen LogP contribution in [-0.4, -0.2) is 6.36 Å². The summed E-state index contributed by atoms with van der Waals surface area (Å²) in [7, 11) is 0. The summed E-state index contributed by atoms with van der Waals surface area (Å²) in [6, 6.07) is 8.02. The molecule has 0 amide bonds. The molecule has 0 aliphatic carbocycles. The summed E-state index contributed by atoms with van der Waals surface area (Å²) in [4.78, 5) is 0.840. The first-order valence-corrected chi connectivity index (χ1v) is 7.31. The van der Waals surface area contributed by atoms with Crippen LogP contribution in [0.15, 0.2) is 34.1 Å². The van der Waals surface area contributed by atoms with E-state index in [1.807, 2.05) is 6.07 Å². The number of nitrogens with one attached hydrogen (secondary N) is 1. The van der Waals surface area contributed by atoms with Gasteiger partial charge in [-0.05, 0) is 24.3 Å². The van der Waals surface area contributed by atoms with Gasteiger partial charge >= 0.3 is 6.36 Å². The lowest BCUT2D eigenvalue weighted by atomic mass is 10.3. The molecule has 0 atom stereocenters. The van der Waals surface area contributed by atoms with Crippen LogP contribution in [0.2, 0.25) is 0 Å². The number of anilines is 1. The van der Waals surface area contributed by atoms with Crippen molar-refractivity contribution in [2.75, 3.05) is 5.32 Å². The average molecular weight is 377 g/mol. The Kier molecular flexibility index (Phi) is 4.75. The molecule has 2 aromatic rings. The van der Waals surface area contributed by atoms with E-state index in [9.17, 15) is 13.2 Å². The number of nitrogens with zero attached hydrogens (tertiary/aromatic N) is 1. The zero-order chi connectivity index (χ0) is 15.5. The molecule has 0 saturated heterocycles. The lowest BCUT2D eigenvalue weighted by molar-refractivity contribution is -0.274.